The first-order chi connectivity index (χ1) is 12.1. The van der Waals surface area contributed by atoms with Crippen LogP contribution in [-0.4, -0.2) is 17.6 Å². The second-order valence-corrected chi connectivity index (χ2v) is 5.03. The molecule has 124 valence electrons. The van der Waals surface area contributed by atoms with Crippen molar-refractivity contribution in [2.45, 2.75) is 6.92 Å². The lowest BCUT2D eigenvalue weighted by Crippen LogP contribution is -2.08. The molecule has 2 aromatic heterocycles. The van der Waals surface area contributed by atoms with Gasteiger partial charge in [-0.25, -0.2) is 9.78 Å². The van der Waals surface area contributed by atoms with Gasteiger partial charge in [-0.2, -0.15) is 5.26 Å². The van der Waals surface area contributed by atoms with Crippen molar-refractivity contribution >= 4 is 33.7 Å². The predicted molar refractivity (Wildman–Crippen MR) is 91.7 cm³/mol. The predicted octanol–water partition coefficient (Wildman–Crippen LogP) is 2.72. The van der Waals surface area contributed by atoms with Gasteiger partial charge in [0.05, 0.1) is 17.4 Å². The summed E-state index contributed by atoms with van der Waals surface area (Å²) in [6, 6.07) is 9.94. The lowest BCUT2D eigenvalue weighted by Gasteiger charge is -2.05. The van der Waals surface area contributed by atoms with E-state index in [1.54, 1.807) is 49.5 Å². The van der Waals surface area contributed by atoms with Crippen LogP contribution in [-0.2, 0) is 9.53 Å². The van der Waals surface area contributed by atoms with Crippen LogP contribution in [0.1, 0.15) is 6.92 Å². The highest BCUT2D eigenvalue weighted by Crippen LogP contribution is 2.20. The summed E-state index contributed by atoms with van der Waals surface area (Å²) in [5.74, 6) is -0.713. The fraction of sp³-hybridized carbons (Fsp3) is 0.111. The number of nitriles is 1. The van der Waals surface area contributed by atoms with Crippen LogP contribution >= 0.6 is 0 Å². The largest absolute Gasteiger partial charge is 0.462 e. The van der Waals surface area contributed by atoms with E-state index in [-0.39, 0.29) is 23.3 Å². The Hall–Kier alpha value is -3.66. The molecule has 0 unspecified atom stereocenters. The number of hydrogen-bond acceptors (Lipinski definition) is 7. The van der Waals surface area contributed by atoms with E-state index in [9.17, 15) is 9.59 Å². The Balaban J connectivity index is 2.00. The number of fused-ring (bicyclic) bond motifs is 2. The lowest BCUT2D eigenvalue weighted by molar-refractivity contribution is -0.138. The van der Waals surface area contributed by atoms with Crippen LogP contribution < -0.4 is 10.7 Å². The van der Waals surface area contributed by atoms with Gasteiger partial charge in [0.25, 0.3) is 0 Å². The molecule has 7 nitrogen and oxygen atoms in total. The minimum absolute atomic E-state index is 0.170. The van der Waals surface area contributed by atoms with Crippen molar-refractivity contribution in [3.05, 3.63) is 58.5 Å². The number of carbonyl (C=O) groups is 1. The summed E-state index contributed by atoms with van der Waals surface area (Å²) in [4.78, 5) is 28.2. The van der Waals surface area contributed by atoms with Crippen molar-refractivity contribution in [3.63, 3.8) is 0 Å². The Morgan fingerprint density at radius 2 is 2.24 bits per heavy atom. The number of ether oxygens (including phenoxy) is 1. The van der Waals surface area contributed by atoms with E-state index >= 15 is 0 Å². The zero-order valence-electron chi connectivity index (χ0n) is 13.3. The minimum Gasteiger partial charge on any atom is -0.462 e. The molecule has 0 amide bonds. The maximum atomic E-state index is 12.6. The van der Waals surface area contributed by atoms with Crippen LogP contribution in [0.3, 0.4) is 0 Å². The first-order valence-electron chi connectivity index (χ1n) is 7.49. The fourth-order valence-corrected chi connectivity index (χ4v) is 2.28. The number of aromatic nitrogens is 1. The van der Waals surface area contributed by atoms with Crippen molar-refractivity contribution in [1.29, 1.82) is 5.26 Å². The standard InChI is InChI=1S/C18H13N3O4/c1-2-24-18(23)11(9-19)10-21-12-5-6-15-14(8-12)16(22)13-4-3-7-20-17(13)25-15/h3-8,10,21H,2H2,1H3. The molecule has 0 aliphatic heterocycles. The SMILES string of the molecule is CCOC(=O)C(C#N)=CNc1ccc2oc3ncccc3c(=O)c2c1. The Morgan fingerprint density at radius 1 is 1.40 bits per heavy atom. The molecule has 25 heavy (non-hydrogen) atoms. The molecule has 0 atom stereocenters. The van der Waals surface area contributed by atoms with E-state index in [0.717, 1.165) is 0 Å². The third-order valence-corrected chi connectivity index (χ3v) is 3.45. The van der Waals surface area contributed by atoms with Crippen LogP contribution in [0.5, 0.6) is 0 Å². The number of rotatable bonds is 4. The molecule has 3 rings (SSSR count). The van der Waals surface area contributed by atoms with Gasteiger partial charge in [-0.1, -0.05) is 0 Å². The highest BCUT2D eigenvalue weighted by Gasteiger charge is 2.11. The summed E-state index contributed by atoms with van der Waals surface area (Å²) in [6.07, 6.45) is 2.79. The monoisotopic (exact) mass is 335 g/mol. The second kappa shape index (κ2) is 6.84. The van der Waals surface area contributed by atoms with Crippen molar-refractivity contribution in [1.82, 2.24) is 4.98 Å². The molecular formula is C18H13N3O4. The van der Waals surface area contributed by atoms with Crippen molar-refractivity contribution in [3.8, 4) is 6.07 Å². The van der Waals surface area contributed by atoms with Crippen molar-refractivity contribution in [2.75, 3.05) is 11.9 Å². The summed E-state index contributed by atoms with van der Waals surface area (Å²) < 4.78 is 10.4. The molecule has 0 radical (unpaired) electrons. The minimum atomic E-state index is -0.713. The van der Waals surface area contributed by atoms with Gasteiger partial charge in [-0.3, -0.25) is 4.79 Å². The van der Waals surface area contributed by atoms with Crippen molar-refractivity contribution < 1.29 is 13.9 Å². The summed E-state index contributed by atoms with van der Waals surface area (Å²) in [6.45, 7) is 1.83. The number of carbonyl (C=O) groups excluding carboxylic acids is 1. The molecule has 0 aliphatic carbocycles. The Morgan fingerprint density at radius 3 is 3.00 bits per heavy atom. The smallest absolute Gasteiger partial charge is 0.350 e. The quantitative estimate of drug-likeness (QED) is 0.338. The Kier molecular flexibility index (Phi) is 4.44. The van der Waals surface area contributed by atoms with Crippen LogP contribution in [0.15, 0.2) is 57.5 Å². The number of nitrogens with zero attached hydrogens (tertiary/aromatic N) is 2. The molecule has 3 aromatic rings. The van der Waals surface area contributed by atoms with Crippen LogP contribution in [0.4, 0.5) is 5.69 Å². The zero-order chi connectivity index (χ0) is 17.8. The Bertz CT molecular complexity index is 1090. The number of pyridine rings is 1. The summed E-state index contributed by atoms with van der Waals surface area (Å²) >= 11 is 0. The van der Waals surface area contributed by atoms with Gasteiger partial charge in [-0.15, -0.1) is 0 Å². The lowest BCUT2D eigenvalue weighted by atomic mass is 10.1. The van der Waals surface area contributed by atoms with Crippen molar-refractivity contribution in [2.24, 2.45) is 0 Å². The first-order valence-corrected chi connectivity index (χ1v) is 7.49. The molecule has 1 N–H and O–H groups in total. The number of nitrogens with one attached hydrogen (secondary N) is 1. The highest BCUT2D eigenvalue weighted by atomic mass is 16.5. The highest BCUT2D eigenvalue weighted by molar-refractivity contribution is 5.93. The third-order valence-electron chi connectivity index (χ3n) is 3.45. The van der Waals surface area contributed by atoms with Crippen LogP contribution in [0, 0.1) is 11.3 Å². The van der Waals surface area contributed by atoms with Gasteiger partial charge in [-0.05, 0) is 37.3 Å². The topological polar surface area (TPSA) is 105 Å². The molecule has 0 aliphatic rings. The number of benzene rings is 1. The van der Waals surface area contributed by atoms with Gasteiger partial charge in [0.15, 0.2) is 5.57 Å². The molecule has 2 heterocycles. The summed E-state index contributed by atoms with van der Waals surface area (Å²) in [5.41, 5.74) is 0.825. The molecular weight excluding hydrogens is 322 g/mol. The normalized spacial score (nSPS) is 11.3. The molecule has 1 aromatic carbocycles. The fourth-order valence-electron chi connectivity index (χ4n) is 2.28. The Labute approximate surface area is 142 Å². The average Bonchev–Trinajstić information content (AvgIpc) is 2.63. The van der Waals surface area contributed by atoms with E-state index in [4.69, 9.17) is 14.4 Å². The van der Waals surface area contributed by atoms with E-state index in [2.05, 4.69) is 10.3 Å². The van der Waals surface area contributed by atoms with Gasteiger partial charge in [0.1, 0.15) is 11.7 Å². The maximum Gasteiger partial charge on any atom is 0.350 e. The molecule has 0 fully saturated rings. The summed E-state index contributed by atoms with van der Waals surface area (Å²) in [7, 11) is 0. The third kappa shape index (κ3) is 3.19. The number of hydrogen-bond donors (Lipinski definition) is 1. The average molecular weight is 335 g/mol. The molecule has 7 heteroatoms. The first kappa shape index (κ1) is 16.2. The van der Waals surface area contributed by atoms with Gasteiger partial charge < -0.3 is 14.5 Å². The van der Waals surface area contributed by atoms with E-state index in [0.29, 0.717) is 22.0 Å². The van der Waals surface area contributed by atoms with E-state index in [1.165, 1.54) is 6.20 Å². The van der Waals surface area contributed by atoms with Gasteiger partial charge in [0, 0.05) is 18.1 Å². The second-order valence-electron chi connectivity index (χ2n) is 5.03. The maximum absolute atomic E-state index is 12.6. The van der Waals surface area contributed by atoms with Gasteiger partial charge in [0.2, 0.25) is 11.1 Å². The summed E-state index contributed by atoms with van der Waals surface area (Å²) in [5, 5.41) is 12.6. The van der Waals surface area contributed by atoms with Crippen LogP contribution in [0.2, 0.25) is 0 Å². The number of anilines is 1. The molecule has 0 saturated heterocycles. The van der Waals surface area contributed by atoms with E-state index in [1.807, 2.05) is 0 Å². The molecule has 0 spiro atoms. The van der Waals surface area contributed by atoms with E-state index < -0.39 is 5.97 Å². The molecule has 0 bridgehead atoms. The zero-order valence-corrected chi connectivity index (χ0v) is 13.3. The van der Waals surface area contributed by atoms with Crippen LogP contribution in [0.25, 0.3) is 22.1 Å². The van der Waals surface area contributed by atoms with Gasteiger partial charge >= 0.3 is 5.97 Å². The number of esters is 1. The molecule has 0 saturated carbocycles.